The Balaban J connectivity index is 2.07. The van der Waals surface area contributed by atoms with Crippen molar-refractivity contribution in [2.45, 2.75) is 32.2 Å². The molecule has 2 N–H and O–H groups in total. The Kier molecular flexibility index (Phi) is 5.52. The van der Waals surface area contributed by atoms with Gasteiger partial charge in [-0.05, 0) is 29.2 Å². The van der Waals surface area contributed by atoms with Gasteiger partial charge in [-0.1, -0.05) is 56.3 Å². The molecule has 120 valence electrons. The standard InChI is InChI=1S/C19H21NO3/c1-13(2)15-10-8-14(9-11-15)12-17(19(22)23)20-18(21)16-6-4-3-5-7-16/h3-11,13,17H,12H2,1-2H3,(H,20,21)(H,22,23)/t17-/m1/s1. The van der Waals surface area contributed by atoms with E-state index in [4.69, 9.17) is 0 Å². The number of hydrogen-bond acceptors (Lipinski definition) is 2. The molecular formula is C19H21NO3. The van der Waals surface area contributed by atoms with Gasteiger partial charge in [0.15, 0.2) is 0 Å². The van der Waals surface area contributed by atoms with Gasteiger partial charge in [0.25, 0.3) is 5.91 Å². The first-order valence-corrected chi connectivity index (χ1v) is 7.65. The van der Waals surface area contributed by atoms with Crippen LogP contribution >= 0.6 is 0 Å². The number of carbonyl (C=O) groups is 2. The summed E-state index contributed by atoms with van der Waals surface area (Å²) in [5.41, 5.74) is 2.54. The number of aliphatic carboxylic acids is 1. The fraction of sp³-hybridized carbons (Fsp3) is 0.263. The lowest BCUT2D eigenvalue weighted by Crippen LogP contribution is -2.42. The van der Waals surface area contributed by atoms with E-state index in [0.29, 0.717) is 11.5 Å². The zero-order valence-corrected chi connectivity index (χ0v) is 13.3. The molecule has 0 aliphatic rings. The first-order chi connectivity index (χ1) is 11.0. The molecule has 0 aliphatic carbocycles. The summed E-state index contributed by atoms with van der Waals surface area (Å²) in [6.45, 7) is 4.21. The Labute approximate surface area is 136 Å². The maximum absolute atomic E-state index is 12.1. The summed E-state index contributed by atoms with van der Waals surface area (Å²) in [7, 11) is 0. The van der Waals surface area contributed by atoms with Crippen LogP contribution in [0.15, 0.2) is 54.6 Å². The van der Waals surface area contributed by atoms with E-state index < -0.39 is 12.0 Å². The van der Waals surface area contributed by atoms with Crippen molar-refractivity contribution in [3.05, 3.63) is 71.3 Å². The Hall–Kier alpha value is -2.62. The normalized spacial score (nSPS) is 12.0. The molecule has 0 aromatic heterocycles. The third-order valence-corrected chi connectivity index (χ3v) is 3.73. The highest BCUT2D eigenvalue weighted by Gasteiger charge is 2.21. The molecule has 0 radical (unpaired) electrons. The first-order valence-electron chi connectivity index (χ1n) is 7.65. The zero-order chi connectivity index (χ0) is 16.8. The summed E-state index contributed by atoms with van der Waals surface area (Å²) in [6, 6.07) is 15.5. The van der Waals surface area contributed by atoms with E-state index >= 15 is 0 Å². The van der Waals surface area contributed by atoms with Crippen LogP contribution in [0.2, 0.25) is 0 Å². The number of amides is 1. The smallest absolute Gasteiger partial charge is 0.326 e. The molecule has 2 rings (SSSR count). The molecule has 0 saturated heterocycles. The van der Waals surface area contributed by atoms with Crippen LogP contribution < -0.4 is 5.32 Å². The number of hydrogen-bond donors (Lipinski definition) is 2. The Morgan fingerprint density at radius 3 is 2.13 bits per heavy atom. The predicted octanol–water partition coefficient (Wildman–Crippen LogP) is 3.24. The SMILES string of the molecule is CC(C)c1ccc(C[C@@H](NC(=O)c2ccccc2)C(=O)O)cc1. The molecule has 0 bridgehead atoms. The largest absolute Gasteiger partial charge is 0.480 e. The lowest BCUT2D eigenvalue weighted by molar-refractivity contribution is -0.139. The quantitative estimate of drug-likeness (QED) is 0.860. The molecule has 0 spiro atoms. The third-order valence-electron chi connectivity index (χ3n) is 3.73. The van der Waals surface area contributed by atoms with E-state index in [2.05, 4.69) is 19.2 Å². The van der Waals surface area contributed by atoms with E-state index in [1.165, 1.54) is 5.56 Å². The average Bonchev–Trinajstić information content (AvgIpc) is 2.55. The van der Waals surface area contributed by atoms with E-state index in [-0.39, 0.29) is 12.3 Å². The van der Waals surface area contributed by atoms with Gasteiger partial charge in [-0.15, -0.1) is 0 Å². The minimum atomic E-state index is -1.04. The number of benzene rings is 2. The Bertz CT molecular complexity index is 663. The number of carboxylic acids is 1. The average molecular weight is 311 g/mol. The van der Waals surface area contributed by atoms with Crippen LogP contribution in [0.25, 0.3) is 0 Å². The van der Waals surface area contributed by atoms with Gasteiger partial charge in [0.05, 0.1) is 0 Å². The van der Waals surface area contributed by atoms with Crippen LogP contribution in [0.5, 0.6) is 0 Å². The summed E-state index contributed by atoms with van der Waals surface area (Å²) in [4.78, 5) is 23.5. The van der Waals surface area contributed by atoms with Gasteiger partial charge >= 0.3 is 5.97 Å². The van der Waals surface area contributed by atoms with Gasteiger partial charge in [-0.3, -0.25) is 4.79 Å². The minimum Gasteiger partial charge on any atom is -0.480 e. The highest BCUT2D eigenvalue weighted by molar-refractivity contribution is 5.96. The number of carboxylic acid groups (broad SMARTS) is 1. The van der Waals surface area contributed by atoms with Gasteiger partial charge in [-0.2, -0.15) is 0 Å². The number of carbonyl (C=O) groups excluding carboxylic acids is 1. The van der Waals surface area contributed by atoms with Crippen LogP contribution in [0.1, 0.15) is 41.3 Å². The molecule has 2 aromatic carbocycles. The van der Waals surface area contributed by atoms with Gasteiger partial charge in [0.2, 0.25) is 0 Å². The third kappa shape index (κ3) is 4.68. The van der Waals surface area contributed by atoms with Crippen LogP contribution in [0.3, 0.4) is 0 Å². The number of rotatable bonds is 6. The van der Waals surface area contributed by atoms with Crippen molar-refractivity contribution in [3.8, 4) is 0 Å². The molecule has 4 heteroatoms. The summed E-state index contributed by atoms with van der Waals surface area (Å²) in [6.07, 6.45) is 0.256. The van der Waals surface area contributed by atoms with Crippen molar-refractivity contribution in [1.29, 1.82) is 0 Å². The van der Waals surface area contributed by atoms with Crippen molar-refractivity contribution >= 4 is 11.9 Å². The highest BCUT2D eigenvalue weighted by atomic mass is 16.4. The fourth-order valence-electron chi connectivity index (χ4n) is 2.31. The lowest BCUT2D eigenvalue weighted by atomic mass is 9.99. The molecule has 0 unspecified atom stereocenters. The monoisotopic (exact) mass is 311 g/mol. The van der Waals surface area contributed by atoms with Crippen molar-refractivity contribution in [1.82, 2.24) is 5.32 Å². The Morgan fingerprint density at radius 1 is 1.00 bits per heavy atom. The van der Waals surface area contributed by atoms with E-state index in [0.717, 1.165) is 5.56 Å². The van der Waals surface area contributed by atoms with E-state index in [1.807, 2.05) is 30.3 Å². The molecule has 1 atom stereocenters. The van der Waals surface area contributed by atoms with Crippen LogP contribution in [-0.4, -0.2) is 23.0 Å². The maximum atomic E-state index is 12.1. The van der Waals surface area contributed by atoms with Gasteiger partial charge in [0.1, 0.15) is 6.04 Å². The topological polar surface area (TPSA) is 66.4 Å². The second kappa shape index (κ2) is 7.58. The molecule has 23 heavy (non-hydrogen) atoms. The fourth-order valence-corrected chi connectivity index (χ4v) is 2.31. The zero-order valence-electron chi connectivity index (χ0n) is 13.3. The summed E-state index contributed by atoms with van der Waals surface area (Å²) in [5, 5.41) is 11.9. The molecule has 0 saturated carbocycles. The minimum absolute atomic E-state index is 0.256. The molecule has 0 fully saturated rings. The predicted molar refractivity (Wildman–Crippen MR) is 89.6 cm³/mol. The number of nitrogens with one attached hydrogen (secondary N) is 1. The van der Waals surface area contributed by atoms with Gasteiger partial charge < -0.3 is 10.4 Å². The molecular weight excluding hydrogens is 290 g/mol. The molecule has 2 aromatic rings. The molecule has 4 nitrogen and oxygen atoms in total. The van der Waals surface area contributed by atoms with E-state index in [9.17, 15) is 14.7 Å². The van der Waals surface area contributed by atoms with Crippen LogP contribution in [-0.2, 0) is 11.2 Å². The maximum Gasteiger partial charge on any atom is 0.326 e. The summed E-state index contributed by atoms with van der Waals surface area (Å²) in [5.74, 6) is -0.990. The summed E-state index contributed by atoms with van der Waals surface area (Å²) >= 11 is 0. The van der Waals surface area contributed by atoms with Gasteiger partial charge in [-0.25, -0.2) is 4.79 Å². The molecule has 0 aliphatic heterocycles. The van der Waals surface area contributed by atoms with Crippen LogP contribution in [0, 0.1) is 0 Å². The second-order valence-electron chi connectivity index (χ2n) is 5.83. The second-order valence-corrected chi connectivity index (χ2v) is 5.83. The van der Waals surface area contributed by atoms with Crippen molar-refractivity contribution in [2.75, 3.05) is 0 Å². The lowest BCUT2D eigenvalue weighted by Gasteiger charge is -2.15. The van der Waals surface area contributed by atoms with E-state index in [1.54, 1.807) is 24.3 Å². The Morgan fingerprint density at radius 2 is 1.61 bits per heavy atom. The van der Waals surface area contributed by atoms with Gasteiger partial charge in [0, 0.05) is 12.0 Å². The van der Waals surface area contributed by atoms with Crippen molar-refractivity contribution in [2.24, 2.45) is 0 Å². The van der Waals surface area contributed by atoms with Crippen molar-refractivity contribution in [3.63, 3.8) is 0 Å². The summed E-state index contributed by atoms with van der Waals surface area (Å²) < 4.78 is 0. The first kappa shape index (κ1) is 16.7. The van der Waals surface area contributed by atoms with Crippen molar-refractivity contribution < 1.29 is 14.7 Å². The van der Waals surface area contributed by atoms with Crippen LogP contribution in [0.4, 0.5) is 0 Å². The molecule has 1 amide bonds. The molecule has 0 heterocycles. The highest BCUT2D eigenvalue weighted by Crippen LogP contribution is 2.15.